The SMILES string of the molecule is CN(c1cc(NC(=O)C2CC2F)c2ncn(C)c2c1)c1ccc(C#N)cc1F. The van der Waals surface area contributed by atoms with Gasteiger partial charge in [-0.05, 0) is 36.8 Å². The van der Waals surface area contributed by atoms with Crippen molar-refractivity contribution in [3.63, 3.8) is 0 Å². The van der Waals surface area contributed by atoms with Crippen LogP contribution in [-0.2, 0) is 11.8 Å². The molecule has 142 valence electrons. The van der Waals surface area contributed by atoms with Gasteiger partial charge in [-0.15, -0.1) is 0 Å². The molecule has 1 aliphatic carbocycles. The molecule has 6 nitrogen and oxygen atoms in total. The molecule has 1 aliphatic rings. The van der Waals surface area contributed by atoms with E-state index in [2.05, 4.69) is 10.3 Å². The lowest BCUT2D eigenvalue weighted by atomic mass is 10.1. The van der Waals surface area contributed by atoms with Crippen LogP contribution in [0, 0.1) is 23.1 Å². The molecular weight excluding hydrogens is 364 g/mol. The number of fused-ring (bicyclic) bond motifs is 1. The molecule has 1 fully saturated rings. The zero-order valence-electron chi connectivity index (χ0n) is 15.3. The predicted octanol–water partition coefficient (Wildman–Crippen LogP) is 3.65. The van der Waals surface area contributed by atoms with E-state index in [0.717, 1.165) is 5.52 Å². The van der Waals surface area contributed by atoms with Crippen molar-refractivity contribution in [2.75, 3.05) is 17.3 Å². The fourth-order valence-electron chi connectivity index (χ4n) is 3.15. The molecule has 0 spiro atoms. The van der Waals surface area contributed by atoms with Gasteiger partial charge in [-0.1, -0.05) is 0 Å². The van der Waals surface area contributed by atoms with E-state index in [4.69, 9.17) is 5.26 Å². The second-order valence-electron chi connectivity index (χ2n) is 6.90. The number of rotatable bonds is 4. The number of aryl methyl sites for hydroxylation is 1. The summed E-state index contributed by atoms with van der Waals surface area (Å²) < 4.78 is 29.5. The fourth-order valence-corrected chi connectivity index (χ4v) is 3.15. The number of amides is 1. The first-order chi connectivity index (χ1) is 13.4. The highest BCUT2D eigenvalue weighted by molar-refractivity contribution is 6.03. The van der Waals surface area contributed by atoms with Crippen molar-refractivity contribution in [3.05, 3.63) is 48.0 Å². The average molecular weight is 381 g/mol. The summed E-state index contributed by atoms with van der Waals surface area (Å²) in [4.78, 5) is 18.1. The van der Waals surface area contributed by atoms with Gasteiger partial charge in [0.2, 0.25) is 5.91 Å². The van der Waals surface area contributed by atoms with Crippen LogP contribution >= 0.6 is 0 Å². The third-order valence-electron chi connectivity index (χ3n) is 4.95. The van der Waals surface area contributed by atoms with Gasteiger partial charge in [-0.3, -0.25) is 4.79 Å². The number of hydrogen-bond acceptors (Lipinski definition) is 4. The summed E-state index contributed by atoms with van der Waals surface area (Å²) in [6.07, 6.45) is 0.743. The molecule has 2 unspecified atom stereocenters. The van der Waals surface area contributed by atoms with Crippen LogP contribution in [-0.4, -0.2) is 28.7 Å². The Hall–Kier alpha value is -3.47. The standard InChI is InChI=1S/C20H17F2N5O/c1-26-10-24-19-16(25-20(28)13-8-14(13)21)6-12(7-18(19)26)27(2)17-4-3-11(9-23)5-15(17)22/h3-7,10,13-14H,8H2,1-2H3,(H,25,28). The van der Waals surface area contributed by atoms with Crippen molar-refractivity contribution in [2.24, 2.45) is 13.0 Å². The minimum atomic E-state index is -1.10. The van der Waals surface area contributed by atoms with Crippen molar-refractivity contribution in [3.8, 4) is 6.07 Å². The second-order valence-corrected chi connectivity index (χ2v) is 6.90. The molecule has 1 N–H and O–H groups in total. The van der Waals surface area contributed by atoms with Gasteiger partial charge in [0.05, 0.1) is 40.8 Å². The van der Waals surface area contributed by atoms with Crippen LogP contribution in [0.4, 0.5) is 25.8 Å². The van der Waals surface area contributed by atoms with Gasteiger partial charge >= 0.3 is 0 Å². The first kappa shape index (κ1) is 17.9. The van der Waals surface area contributed by atoms with Gasteiger partial charge in [0, 0.05) is 19.8 Å². The van der Waals surface area contributed by atoms with Crippen molar-refractivity contribution >= 4 is 34.0 Å². The molecule has 2 atom stereocenters. The summed E-state index contributed by atoms with van der Waals surface area (Å²) in [5.41, 5.74) is 2.88. The number of carbonyl (C=O) groups excluding carboxylic acids is 1. The number of halogens is 2. The normalized spacial score (nSPS) is 18.0. The smallest absolute Gasteiger partial charge is 0.230 e. The molecule has 0 bridgehead atoms. The Bertz CT molecular complexity index is 1130. The molecule has 28 heavy (non-hydrogen) atoms. The third kappa shape index (κ3) is 3.05. The van der Waals surface area contributed by atoms with Crippen LogP contribution in [0.25, 0.3) is 11.0 Å². The van der Waals surface area contributed by atoms with Crippen LogP contribution in [0.15, 0.2) is 36.7 Å². The molecular formula is C20H17F2N5O. The number of benzene rings is 2. The van der Waals surface area contributed by atoms with Crippen LogP contribution in [0.1, 0.15) is 12.0 Å². The largest absolute Gasteiger partial charge is 0.342 e. The van der Waals surface area contributed by atoms with Gasteiger partial charge in [-0.2, -0.15) is 5.26 Å². The summed E-state index contributed by atoms with van der Waals surface area (Å²) in [6, 6.07) is 9.64. The molecule has 0 radical (unpaired) electrons. The van der Waals surface area contributed by atoms with Crippen LogP contribution < -0.4 is 10.2 Å². The van der Waals surface area contributed by atoms with Gasteiger partial charge in [0.15, 0.2) is 0 Å². The van der Waals surface area contributed by atoms with Gasteiger partial charge in [-0.25, -0.2) is 13.8 Å². The maximum atomic E-state index is 14.5. The number of nitriles is 1. The van der Waals surface area contributed by atoms with Crippen molar-refractivity contribution < 1.29 is 13.6 Å². The molecule has 1 amide bonds. The van der Waals surface area contributed by atoms with Gasteiger partial charge < -0.3 is 14.8 Å². The number of aromatic nitrogens is 2. The second kappa shape index (κ2) is 6.60. The first-order valence-electron chi connectivity index (χ1n) is 8.72. The predicted molar refractivity (Wildman–Crippen MR) is 102 cm³/mol. The van der Waals surface area contributed by atoms with E-state index in [1.807, 2.05) is 19.2 Å². The minimum absolute atomic E-state index is 0.229. The molecule has 1 aromatic heterocycles. The molecule has 1 heterocycles. The summed E-state index contributed by atoms with van der Waals surface area (Å²) >= 11 is 0. The molecule has 0 aliphatic heterocycles. The number of alkyl halides is 1. The first-order valence-corrected chi connectivity index (χ1v) is 8.72. The lowest BCUT2D eigenvalue weighted by Gasteiger charge is -2.21. The van der Waals surface area contributed by atoms with Crippen LogP contribution in [0.3, 0.4) is 0 Å². The monoisotopic (exact) mass is 381 g/mol. The van der Waals surface area contributed by atoms with E-state index in [1.54, 1.807) is 28.9 Å². The molecule has 0 saturated heterocycles. The van der Waals surface area contributed by atoms with E-state index in [9.17, 15) is 13.6 Å². The average Bonchev–Trinajstić information content (AvgIpc) is 3.30. The Morgan fingerprint density at radius 1 is 1.39 bits per heavy atom. The van der Waals surface area contributed by atoms with E-state index >= 15 is 0 Å². The number of nitrogens with one attached hydrogen (secondary N) is 1. The highest BCUT2D eigenvalue weighted by atomic mass is 19.1. The summed E-state index contributed by atoms with van der Waals surface area (Å²) in [6.45, 7) is 0. The summed E-state index contributed by atoms with van der Waals surface area (Å²) in [5, 5.41) is 11.7. The maximum absolute atomic E-state index is 14.5. The van der Waals surface area contributed by atoms with E-state index < -0.39 is 17.9 Å². The number of imidazole rings is 1. The molecule has 1 saturated carbocycles. The highest BCUT2D eigenvalue weighted by Crippen LogP contribution is 2.37. The van der Waals surface area contributed by atoms with Crippen molar-refractivity contribution in [2.45, 2.75) is 12.6 Å². The number of hydrogen-bond donors (Lipinski definition) is 1. The van der Waals surface area contributed by atoms with Gasteiger partial charge in [0.1, 0.15) is 17.5 Å². The zero-order chi connectivity index (χ0) is 20.0. The summed E-state index contributed by atoms with van der Waals surface area (Å²) in [7, 11) is 3.50. The van der Waals surface area contributed by atoms with Crippen LogP contribution in [0.2, 0.25) is 0 Å². The Morgan fingerprint density at radius 3 is 2.79 bits per heavy atom. The van der Waals surface area contributed by atoms with E-state index in [0.29, 0.717) is 16.9 Å². The summed E-state index contributed by atoms with van der Waals surface area (Å²) in [5.74, 6) is -1.55. The highest BCUT2D eigenvalue weighted by Gasteiger charge is 2.43. The minimum Gasteiger partial charge on any atom is -0.342 e. The third-order valence-corrected chi connectivity index (χ3v) is 4.95. The maximum Gasteiger partial charge on any atom is 0.230 e. The molecule has 8 heteroatoms. The topological polar surface area (TPSA) is 74.0 Å². The van der Waals surface area contributed by atoms with Crippen LogP contribution in [0.5, 0.6) is 0 Å². The Morgan fingerprint density at radius 2 is 2.14 bits per heavy atom. The van der Waals surface area contributed by atoms with E-state index in [1.165, 1.54) is 18.2 Å². The van der Waals surface area contributed by atoms with Crippen molar-refractivity contribution in [1.29, 1.82) is 5.26 Å². The Balaban J connectivity index is 1.75. The fraction of sp³-hybridized carbons (Fsp3) is 0.250. The number of nitrogens with zero attached hydrogens (tertiary/aromatic N) is 4. The van der Waals surface area contributed by atoms with E-state index in [-0.39, 0.29) is 23.6 Å². The number of carbonyl (C=O) groups is 1. The lowest BCUT2D eigenvalue weighted by Crippen LogP contribution is -2.17. The molecule has 3 aromatic rings. The van der Waals surface area contributed by atoms with Gasteiger partial charge in [0.25, 0.3) is 0 Å². The molecule has 4 rings (SSSR count). The van der Waals surface area contributed by atoms with Crippen molar-refractivity contribution in [1.82, 2.24) is 9.55 Å². The Kier molecular flexibility index (Phi) is 4.23. The lowest BCUT2D eigenvalue weighted by molar-refractivity contribution is -0.117. The quantitative estimate of drug-likeness (QED) is 0.749. The Labute approximate surface area is 160 Å². The molecule has 2 aromatic carbocycles. The number of anilines is 3. The zero-order valence-corrected chi connectivity index (χ0v) is 15.3.